The van der Waals surface area contributed by atoms with Gasteiger partial charge in [0.1, 0.15) is 0 Å². The number of rotatable bonds is 4. The zero-order valence-corrected chi connectivity index (χ0v) is 14.2. The molecule has 0 aromatic carbocycles. The van der Waals surface area contributed by atoms with Crippen molar-refractivity contribution in [2.45, 2.75) is 0 Å². The molecule has 0 saturated carbocycles. The number of hydrogen-bond acceptors (Lipinski definition) is 6. The Morgan fingerprint density at radius 2 is 0.923 bits per heavy atom. The summed E-state index contributed by atoms with van der Waals surface area (Å²) in [5.41, 5.74) is -1.48. The number of pyridine rings is 2. The van der Waals surface area contributed by atoms with E-state index >= 15 is 0 Å². The number of carbonyl (C=O) groups is 4. The molecule has 140 valence electrons. The van der Waals surface area contributed by atoms with Crippen LogP contribution in [0.2, 0.25) is 0 Å². The van der Waals surface area contributed by atoms with Crippen molar-refractivity contribution in [1.82, 2.24) is 9.97 Å². The van der Waals surface area contributed by atoms with E-state index < -0.39 is 35.3 Å². The van der Waals surface area contributed by atoms with Crippen LogP contribution in [0.15, 0.2) is 36.7 Å². The monoisotopic (exact) mass is 406 g/mol. The predicted molar refractivity (Wildman–Crippen MR) is 90.8 cm³/mol. The highest BCUT2D eigenvalue weighted by atomic mass is 35.5. The van der Waals surface area contributed by atoms with Crippen molar-refractivity contribution in [3.05, 3.63) is 59.2 Å². The maximum absolute atomic E-state index is 10.4. The fourth-order valence-electron chi connectivity index (χ4n) is 1.50. The fraction of sp³-hybridized carbons (Fsp3) is 0. The summed E-state index contributed by atoms with van der Waals surface area (Å²) in [5.74, 6) is -5.26. The van der Waals surface area contributed by atoms with Crippen LogP contribution >= 0.6 is 24.8 Å². The lowest BCUT2D eigenvalue weighted by molar-refractivity contribution is 0.0646. The molecule has 4 N–H and O–H groups in total. The summed E-state index contributed by atoms with van der Waals surface area (Å²) in [6.45, 7) is 0. The van der Waals surface area contributed by atoms with Gasteiger partial charge in [-0.2, -0.15) is 0 Å². The van der Waals surface area contributed by atoms with Crippen LogP contribution in [0.3, 0.4) is 0 Å². The Labute approximate surface area is 158 Å². The first-order valence-electron chi connectivity index (χ1n) is 6.09. The van der Waals surface area contributed by atoms with Crippen molar-refractivity contribution in [3.63, 3.8) is 0 Å². The number of halogens is 2. The minimum absolute atomic E-state index is 0. The molecule has 2 heterocycles. The number of aromatic carboxylic acids is 4. The second kappa shape index (κ2) is 11.3. The molecule has 0 radical (unpaired) electrons. The Morgan fingerprint density at radius 1 is 0.615 bits per heavy atom. The van der Waals surface area contributed by atoms with Crippen LogP contribution in [0, 0.1) is 0 Å². The third-order valence-corrected chi connectivity index (χ3v) is 2.48. The maximum atomic E-state index is 10.4. The van der Waals surface area contributed by atoms with Gasteiger partial charge in [0.05, 0.1) is 11.1 Å². The van der Waals surface area contributed by atoms with Crippen LogP contribution in [0.25, 0.3) is 0 Å². The van der Waals surface area contributed by atoms with E-state index in [4.69, 9.17) is 20.4 Å². The molecular formula is C14H12Cl2N2O8. The molecule has 12 heteroatoms. The molecule has 0 aliphatic rings. The molecule has 0 amide bonds. The van der Waals surface area contributed by atoms with Crippen LogP contribution in [0.1, 0.15) is 41.7 Å². The van der Waals surface area contributed by atoms with Gasteiger partial charge in [-0.15, -0.1) is 24.8 Å². The SMILES string of the molecule is Cl.Cl.O=C(O)c1cccnc1C(=O)O.O=C(O)c1cccnc1C(=O)O. The van der Waals surface area contributed by atoms with Gasteiger partial charge in [-0.1, -0.05) is 0 Å². The van der Waals surface area contributed by atoms with Crippen molar-refractivity contribution < 1.29 is 39.6 Å². The smallest absolute Gasteiger partial charge is 0.355 e. The molecule has 0 bridgehead atoms. The summed E-state index contributed by atoms with van der Waals surface area (Å²) in [6, 6.07) is 5.13. The van der Waals surface area contributed by atoms with Gasteiger partial charge in [-0.25, -0.2) is 29.1 Å². The van der Waals surface area contributed by atoms with E-state index in [0.717, 1.165) is 0 Å². The highest BCUT2D eigenvalue weighted by molar-refractivity contribution is 6.00. The van der Waals surface area contributed by atoms with E-state index in [9.17, 15) is 19.2 Å². The molecule has 10 nitrogen and oxygen atoms in total. The van der Waals surface area contributed by atoms with Crippen molar-refractivity contribution in [3.8, 4) is 0 Å². The molecule has 2 aromatic rings. The lowest BCUT2D eigenvalue weighted by Crippen LogP contribution is -2.09. The molecule has 0 aliphatic heterocycles. The standard InChI is InChI=1S/2C7H5NO4.2ClH/c2*9-6(10)4-2-1-3-8-5(4)7(11)12;;/h2*1-3H,(H,9,10)(H,11,12);2*1H. The Balaban J connectivity index is 0. The van der Waals surface area contributed by atoms with Crippen LogP contribution in [0.5, 0.6) is 0 Å². The molecule has 2 aromatic heterocycles. The van der Waals surface area contributed by atoms with Gasteiger partial charge in [0.15, 0.2) is 11.4 Å². The van der Waals surface area contributed by atoms with Crippen molar-refractivity contribution in [1.29, 1.82) is 0 Å². The third-order valence-electron chi connectivity index (χ3n) is 2.48. The van der Waals surface area contributed by atoms with Crippen molar-refractivity contribution >= 4 is 48.7 Å². The summed E-state index contributed by atoms with van der Waals surface area (Å²) in [4.78, 5) is 48.5. The Kier molecular flexibility index (Phi) is 10.9. The Morgan fingerprint density at radius 3 is 1.12 bits per heavy atom. The number of hydrogen-bond donors (Lipinski definition) is 4. The normalized spacial score (nSPS) is 8.62. The Hall–Kier alpha value is -3.24. The summed E-state index contributed by atoms with van der Waals surface area (Å²) >= 11 is 0. The quantitative estimate of drug-likeness (QED) is 0.585. The largest absolute Gasteiger partial charge is 0.478 e. The minimum atomic E-state index is -1.34. The summed E-state index contributed by atoms with van der Waals surface area (Å²) < 4.78 is 0. The first kappa shape index (κ1) is 25.0. The summed E-state index contributed by atoms with van der Waals surface area (Å²) in [6.07, 6.45) is 2.46. The summed E-state index contributed by atoms with van der Waals surface area (Å²) in [5, 5.41) is 34.0. The second-order valence-corrected chi connectivity index (χ2v) is 4.02. The van der Waals surface area contributed by atoms with Crippen LogP contribution in [-0.2, 0) is 0 Å². The zero-order valence-electron chi connectivity index (χ0n) is 12.6. The molecule has 0 atom stereocenters. The first-order chi connectivity index (χ1) is 11.3. The molecule has 0 aliphatic carbocycles. The topological polar surface area (TPSA) is 175 Å². The van der Waals surface area contributed by atoms with E-state index in [2.05, 4.69) is 9.97 Å². The van der Waals surface area contributed by atoms with Gasteiger partial charge in [0, 0.05) is 12.4 Å². The second-order valence-electron chi connectivity index (χ2n) is 4.02. The maximum Gasteiger partial charge on any atom is 0.355 e. The lowest BCUT2D eigenvalue weighted by Gasteiger charge is -1.97. The van der Waals surface area contributed by atoms with Gasteiger partial charge < -0.3 is 20.4 Å². The summed E-state index contributed by atoms with van der Waals surface area (Å²) in [7, 11) is 0. The van der Waals surface area contributed by atoms with E-state index in [1.54, 1.807) is 0 Å². The van der Waals surface area contributed by atoms with Gasteiger partial charge >= 0.3 is 23.9 Å². The van der Waals surface area contributed by atoms with E-state index in [-0.39, 0.29) is 35.9 Å². The average Bonchev–Trinajstić information content (AvgIpc) is 2.55. The first-order valence-corrected chi connectivity index (χ1v) is 6.09. The number of carboxylic acids is 4. The molecule has 2 rings (SSSR count). The van der Waals surface area contributed by atoms with E-state index in [0.29, 0.717) is 0 Å². The molecular weight excluding hydrogens is 395 g/mol. The molecule has 0 spiro atoms. The van der Waals surface area contributed by atoms with Crippen LogP contribution < -0.4 is 0 Å². The molecule has 0 unspecified atom stereocenters. The predicted octanol–water partition coefficient (Wildman–Crippen LogP) is 1.80. The van der Waals surface area contributed by atoms with Crippen LogP contribution in [0.4, 0.5) is 0 Å². The van der Waals surface area contributed by atoms with Crippen molar-refractivity contribution in [2.75, 3.05) is 0 Å². The number of nitrogens with zero attached hydrogens (tertiary/aromatic N) is 2. The highest BCUT2D eigenvalue weighted by Crippen LogP contribution is 2.05. The lowest BCUT2D eigenvalue weighted by atomic mass is 10.2. The molecule has 26 heavy (non-hydrogen) atoms. The Bertz CT molecular complexity index is 680. The highest BCUT2D eigenvalue weighted by Gasteiger charge is 2.16. The van der Waals surface area contributed by atoms with E-state index in [1.807, 2.05) is 0 Å². The fourth-order valence-corrected chi connectivity index (χ4v) is 1.50. The zero-order chi connectivity index (χ0) is 18.3. The number of carboxylic acid groups (broad SMARTS) is 4. The molecule has 0 fully saturated rings. The average molecular weight is 407 g/mol. The van der Waals surface area contributed by atoms with Gasteiger partial charge in [-0.05, 0) is 24.3 Å². The van der Waals surface area contributed by atoms with Crippen molar-refractivity contribution in [2.24, 2.45) is 0 Å². The van der Waals surface area contributed by atoms with Gasteiger partial charge in [-0.3, -0.25) is 0 Å². The van der Waals surface area contributed by atoms with Gasteiger partial charge in [0.25, 0.3) is 0 Å². The van der Waals surface area contributed by atoms with Gasteiger partial charge in [0.2, 0.25) is 0 Å². The number of aromatic nitrogens is 2. The van der Waals surface area contributed by atoms with Crippen LogP contribution in [-0.4, -0.2) is 54.3 Å². The third kappa shape index (κ3) is 6.71. The minimum Gasteiger partial charge on any atom is -0.478 e. The molecule has 0 saturated heterocycles. The van der Waals surface area contributed by atoms with E-state index in [1.165, 1.54) is 36.7 Å².